The Balaban J connectivity index is 1.35. The lowest BCUT2D eigenvalue weighted by molar-refractivity contribution is 0.590. The monoisotopic (exact) mass is 826 g/mol. The third-order valence-electron chi connectivity index (χ3n) is 13.4. The molecule has 0 N–H and O–H groups in total. The molecule has 0 radical (unpaired) electrons. The van der Waals surface area contributed by atoms with Gasteiger partial charge in [-0.2, -0.15) is 0 Å². The van der Waals surface area contributed by atoms with Crippen LogP contribution in [0.25, 0.3) is 66.1 Å². The molecule has 6 aromatic carbocycles. The summed E-state index contributed by atoms with van der Waals surface area (Å²) < 4.78 is 35.0. The highest BCUT2D eigenvalue weighted by Gasteiger charge is 2.38. The van der Waals surface area contributed by atoms with E-state index in [4.69, 9.17) is 0 Å². The molecule has 1 aliphatic heterocycles. The first-order valence-corrected chi connectivity index (χ1v) is 23.4. The second-order valence-electron chi connectivity index (χ2n) is 22.3. The maximum Gasteiger partial charge on any atom is 0.209 e. The van der Waals surface area contributed by atoms with Crippen molar-refractivity contribution in [1.82, 2.24) is 9.13 Å². The molecule has 0 saturated heterocycles. The van der Waals surface area contributed by atoms with Gasteiger partial charge in [0.15, 0.2) is 0 Å². The summed E-state index contributed by atoms with van der Waals surface area (Å²) in [6.45, 7) is 36.0. The summed E-state index contributed by atoms with van der Waals surface area (Å²) in [5, 5.41) is 4.77. The van der Waals surface area contributed by atoms with Crippen molar-refractivity contribution in [2.24, 2.45) is 0 Å². The fourth-order valence-corrected chi connectivity index (χ4v) is 11.8. The first-order chi connectivity index (χ1) is 28.2. The minimum absolute atomic E-state index is 0.0232. The molecule has 4 nitrogen and oxygen atoms in total. The molecule has 0 spiro atoms. The van der Waals surface area contributed by atoms with E-state index in [1.54, 1.807) is 0 Å². The van der Waals surface area contributed by atoms with Gasteiger partial charge in [0, 0.05) is 38.4 Å². The summed E-state index contributed by atoms with van der Waals surface area (Å²) in [5.41, 5.74) is 17.2. The van der Waals surface area contributed by atoms with Gasteiger partial charge in [-0.15, -0.1) is 0 Å². The van der Waals surface area contributed by atoms with E-state index in [2.05, 4.69) is 175 Å². The molecule has 2 aromatic heterocycles. The van der Waals surface area contributed by atoms with Crippen LogP contribution < -0.4 is 0 Å². The molecule has 8 aromatic rings. The first kappa shape index (κ1) is 41.2. The van der Waals surface area contributed by atoms with Crippen LogP contribution in [0.15, 0.2) is 94.7 Å². The molecule has 3 heterocycles. The predicted molar refractivity (Wildman–Crippen MR) is 260 cm³/mol. The van der Waals surface area contributed by atoms with Crippen LogP contribution in [0.4, 0.5) is 0 Å². The number of hydrogen-bond donors (Lipinski definition) is 0. The Bertz CT molecular complexity index is 3170. The van der Waals surface area contributed by atoms with Gasteiger partial charge in [0.05, 0.1) is 32.6 Å². The molecular weight excluding hydrogens is 765 g/mol. The third-order valence-corrected chi connectivity index (χ3v) is 15.3. The Morgan fingerprint density at radius 3 is 1.13 bits per heavy atom. The molecule has 0 atom stereocenters. The van der Waals surface area contributed by atoms with Crippen molar-refractivity contribution >= 4 is 53.4 Å². The van der Waals surface area contributed by atoms with Gasteiger partial charge >= 0.3 is 0 Å². The summed E-state index contributed by atoms with van der Waals surface area (Å²) in [7, 11) is -3.91. The molecule has 1 aliphatic rings. The zero-order chi connectivity index (χ0) is 44.3. The van der Waals surface area contributed by atoms with Crippen molar-refractivity contribution in [3.63, 3.8) is 0 Å². The van der Waals surface area contributed by atoms with E-state index in [9.17, 15) is 0 Å². The molecule has 0 unspecified atom stereocenters. The number of aromatic nitrogens is 2. The highest BCUT2D eigenvalue weighted by atomic mass is 32.2. The molecule has 0 fully saturated rings. The van der Waals surface area contributed by atoms with Gasteiger partial charge in [-0.05, 0) is 142 Å². The predicted octanol–water partition coefficient (Wildman–Crippen LogP) is 15.1. The number of sulfone groups is 1. The molecule has 0 aliphatic carbocycles. The first-order valence-electron chi connectivity index (χ1n) is 21.9. The highest BCUT2D eigenvalue weighted by Crippen LogP contribution is 2.50. The molecular formula is C56H62N2O2S. The lowest BCUT2D eigenvalue weighted by Gasteiger charge is -2.21. The number of aryl methyl sites for hydroxylation is 4. The lowest BCUT2D eigenvalue weighted by atomic mass is 9.83. The van der Waals surface area contributed by atoms with Crippen LogP contribution >= 0.6 is 0 Å². The van der Waals surface area contributed by atoms with Crippen molar-refractivity contribution in [3.05, 3.63) is 129 Å². The zero-order valence-electron chi connectivity index (χ0n) is 39.2. The standard InChI is InChI=1S/C56H62N2O2S/c1-31-22-35(53(5,6)7)26-42-43-27-36(54(8,9)10)23-32(2)49(43)57(48(31)42)39-20-21-47-41(30-39)40-18-17-19-46(52(40)61(47,59)60)58-50-33(3)24-37(55(11,12)13)28-44(50)45-29-38(56(14,15)16)25-34(4)51(45)58/h17-30H,1-16H3. The summed E-state index contributed by atoms with van der Waals surface area (Å²) in [5.74, 6) is 0. The van der Waals surface area contributed by atoms with Crippen molar-refractivity contribution in [2.45, 2.75) is 142 Å². The van der Waals surface area contributed by atoms with Crippen LogP contribution in [-0.2, 0) is 31.5 Å². The number of nitrogens with zero attached hydrogens (tertiary/aromatic N) is 2. The number of benzene rings is 6. The Kier molecular flexibility index (Phi) is 8.76. The Morgan fingerprint density at radius 1 is 0.410 bits per heavy atom. The maximum absolute atomic E-state index is 15.2. The normalized spacial score (nSPS) is 14.5. The zero-order valence-corrected chi connectivity index (χ0v) is 40.0. The van der Waals surface area contributed by atoms with Gasteiger partial charge in [-0.25, -0.2) is 8.42 Å². The topological polar surface area (TPSA) is 44.0 Å². The van der Waals surface area contributed by atoms with Gasteiger partial charge in [0.1, 0.15) is 4.90 Å². The average Bonchev–Trinajstić information content (AvgIpc) is 3.75. The van der Waals surface area contributed by atoms with Crippen LogP contribution in [0.5, 0.6) is 0 Å². The maximum atomic E-state index is 15.2. The molecule has 314 valence electrons. The van der Waals surface area contributed by atoms with E-state index in [-0.39, 0.29) is 21.7 Å². The summed E-state index contributed by atoms with van der Waals surface area (Å²) in [4.78, 5) is 0.732. The lowest BCUT2D eigenvalue weighted by Crippen LogP contribution is -2.11. The number of fused-ring (bicyclic) bond motifs is 9. The molecule has 0 bridgehead atoms. The quantitative estimate of drug-likeness (QED) is 0.174. The van der Waals surface area contributed by atoms with Gasteiger partial charge < -0.3 is 9.13 Å². The van der Waals surface area contributed by atoms with Crippen molar-refractivity contribution in [1.29, 1.82) is 0 Å². The van der Waals surface area contributed by atoms with Crippen LogP contribution in [0.3, 0.4) is 0 Å². The molecule has 5 heteroatoms. The Morgan fingerprint density at radius 2 is 0.770 bits per heavy atom. The van der Waals surface area contributed by atoms with Gasteiger partial charge in [0.2, 0.25) is 9.84 Å². The minimum atomic E-state index is -3.91. The van der Waals surface area contributed by atoms with Gasteiger partial charge in [-0.1, -0.05) is 119 Å². The smallest absolute Gasteiger partial charge is 0.209 e. The van der Waals surface area contributed by atoms with E-state index in [0.29, 0.717) is 15.5 Å². The van der Waals surface area contributed by atoms with Gasteiger partial charge in [0.25, 0.3) is 0 Å². The highest BCUT2D eigenvalue weighted by molar-refractivity contribution is 7.92. The summed E-state index contributed by atoms with van der Waals surface area (Å²) in [6.07, 6.45) is 0. The third kappa shape index (κ3) is 6.15. The van der Waals surface area contributed by atoms with E-state index in [0.717, 1.165) is 60.8 Å². The molecule has 0 saturated carbocycles. The number of hydrogen-bond acceptors (Lipinski definition) is 2. The Hall–Kier alpha value is -5.13. The van der Waals surface area contributed by atoms with Crippen molar-refractivity contribution in [3.8, 4) is 22.5 Å². The molecule has 0 amide bonds. The molecule has 9 rings (SSSR count). The van der Waals surface area contributed by atoms with Crippen molar-refractivity contribution < 1.29 is 8.42 Å². The van der Waals surface area contributed by atoms with Crippen LogP contribution in [0.1, 0.15) is 128 Å². The fraction of sp³-hybridized carbons (Fsp3) is 0.357. The summed E-state index contributed by atoms with van der Waals surface area (Å²) in [6, 6.07) is 30.8. The van der Waals surface area contributed by atoms with E-state index < -0.39 is 9.84 Å². The second-order valence-corrected chi connectivity index (χ2v) is 24.1. The van der Waals surface area contributed by atoms with Gasteiger partial charge in [-0.3, -0.25) is 0 Å². The van der Waals surface area contributed by atoms with E-state index in [1.165, 1.54) is 44.2 Å². The van der Waals surface area contributed by atoms with E-state index in [1.807, 2.05) is 30.3 Å². The van der Waals surface area contributed by atoms with Crippen LogP contribution in [-0.4, -0.2) is 17.6 Å². The number of rotatable bonds is 2. The SMILES string of the molecule is Cc1cc(C(C)(C)C)cc2c3cc(C(C)(C)C)cc(C)c3n(-c3ccc4c(c3)-c3cccc(-n5c6c(C)cc(C(C)(C)C)cc6c6cc(C(C)(C)C)cc(C)c65)c3S4(=O)=O)c12. The Labute approximate surface area is 363 Å². The summed E-state index contributed by atoms with van der Waals surface area (Å²) >= 11 is 0. The second kappa shape index (κ2) is 13.0. The molecule has 61 heavy (non-hydrogen) atoms. The average molecular weight is 827 g/mol. The minimum Gasteiger partial charge on any atom is -0.309 e. The van der Waals surface area contributed by atoms with E-state index >= 15 is 8.42 Å². The van der Waals surface area contributed by atoms with Crippen LogP contribution in [0, 0.1) is 27.7 Å². The van der Waals surface area contributed by atoms with Crippen molar-refractivity contribution in [2.75, 3.05) is 0 Å². The van der Waals surface area contributed by atoms with Crippen LogP contribution in [0.2, 0.25) is 0 Å². The fourth-order valence-electron chi connectivity index (χ4n) is 9.99. The largest absolute Gasteiger partial charge is 0.309 e.